The van der Waals surface area contributed by atoms with E-state index in [-0.39, 0.29) is 11.7 Å². The zero-order valence-electron chi connectivity index (χ0n) is 12.8. The maximum Gasteiger partial charge on any atom is 0.271 e. The Kier molecular flexibility index (Phi) is 5.52. The van der Waals surface area contributed by atoms with Gasteiger partial charge in [0, 0.05) is 11.1 Å². The minimum Gasteiger partial charge on any atom is -0.504 e. The number of carbonyl (C=O) groups excluding carboxylic acids is 1. The molecule has 1 amide bonds. The average molecular weight is 310 g/mol. The number of methoxy groups -OCH3 is 1. The highest BCUT2D eigenvalue weighted by atomic mass is 16.5. The molecule has 2 N–H and O–H groups in total. The second kappa shape index (κ2) is 7.79. The molecule has 0 atom stereocenters. The second-order valence-electron chi connectivity index (χ2n) is 4.79. The van der Waals surface area contributed by atoms with Crippen molar-refractivity contribution in [1.82, 2.24) is 5.43 Å². The zero-order valence-corrected chi connectivity index (χ0v) is 12.8. The molecular formula is C18H18N2O3. The zero-order chi connectivity index (χ0) is 16.7. The predicted molar refractivity (Wildman–Crippen MR) is 90.1 cm³/mol. The molecule has 0 aliphatic heterocycles. The Morgan fingerprint density at radius 3 is 2.74 bits per heavy atom. The SMILES string of the molecule is C=CCc1cc(/C=N/NC(=O)c2ccccc2)cc(OC)c1O. The summed E-state index contributed by atoms with van der Waals surface area (Å²) in [6, 6.07) is 12.2. The number of amides is 1. The lowest BCUT2D eigenvalue weighted by Gasteiger charge is -2.09. The van der Waals surface area contributed by atoms with E-state index in [1.807, 2.05) is 6.07 Å². The lowest BCUT2D eigenvalue weighted by Crippen LogP contribution is -2.17. The topological polar surface area (TPSA) is 70.9 Å². The van der Waals surface area contributed by atoms with Gasteiger partial charge in [0.15, 0.2) is 11.5 Å². The molecule has 2 aromatic rings. The van der Waals surface area contributed by atoms with Crippen LogP contribution in [0, 0.1) is 0 Å². The molecule has 0 bridgehead atoms. The van der Waals surface area contributed by atoms with Gasteiger partial charge in [-0.25, -0.2) is 5.43 Å². The number of hydrogen-bond donors (Lipinski definition) is 2. The quantitative estimate of drug-likeness (QED) is 0.489. The summed E-state index contributed by atoms with van der Waals surface area (Å²) in [4.78, 5) is 11.9. The van der Waals surface area contributed by atoms with Crippen LogP contribution >= 0.6 is 0 Å². The first-order valence-corrected chi connectivity index (χ1v) is 7.05. The first-order valence-electron chi connectivity index (χ1n) is 7.05. The summed E-state index contributed by atoms with van der Waals surface area (Å²) in [7, 11) is 1.48. The van der Waals surface area contributed by atoms with Gasteiger partial charge in [-0.3, -0.25) is 4.79 Å². The third kappa shape index (κ3) is 4.20. The fourth-order valence-electron chi connectivity index (χ4n) is 2.05. The van der Waals surface area contributed by atoms with Crippen LogP contribution in [-0.2, 0) is 6.42 Å². The van der Waals surface area contributed by atoms with Gasteiger partial charge in [-0.1, -0.05) is 24.3 Å². The number of rotatable bonds is 6. The average Bonchev–Trinajstić information content (AvgIpc) is 2.58. The third-order valence-corrected chi connectivity index (χ3v) is 3.18. The van der Waals surface area contributed by atoms with Gasteiger partial charge in [0.05, 0.1) is 13.3 Å². The number of allylic oxidation sites excluding steroid dienone is 1. The van der Waals surface area contributed by atoms with Crippen LogP contribution in [0.1, 0.15) is 21.5 Å². The highest BCUT2D eigenvalue weighted by molar-refractivity contribution is 5.94. The van der Waals surface area contributed by atoms with E-state index < -0.39 is 0 Å². The van der Waals surface area contributed by atoms with Crippen LogP contribution in [-0.4, -0.2) is 24.3 Å². The summed E-state index contributed by atoms with van der Waals surface area (Å²) in [6.45, 7) is 3.66. The Labute approximate surface area is 134 Å². The van der Waals surface area contributed by atoms with Crippen LogP contribution in [0.3, 0.4) is 0 Å². The maximum atomic E-state index is 11.9. The van der Waals surface area contributed by atoms with Crippen LogP contribution in [0.2, 0.25) is 0 Å². The molecule has 2 rings (SSSR count). The van der Waals surface area contributed by atoms with E-state index in [1.165, 1.54) is 13.3 Å². The fourth-order valence-corrected chi connectivity index (χ4v) is 2.05. The Balaban J connectivity index is 2.14. The molecule has 2 aromatic carbocycles. The van der Waals surface area contributed by atoms with Crippen molar-refractivity contribution in [1.29, 1.82) is 0 Å². The molecule has 118 valence electrons. The van der Waals surface area contributed by atoms with Crippen molar-refractivity contribution < 1.29 is 14.6 Å². The summed E-state index contributed by atoms with van der Waals surface area (Å²) in [6.07, 6.45) is 3.68. The van der Waals surface area contributed by atoms with E-state index >= 15 is 0 Å². The number of hydrazone groups is 1. The smallest absolute Gasteiger partial charge is 0.271 e. The van der Waals surface area contributed by atoms with E-state index in [0.29, 0.717) is 28.9 Å². The van der Waals surface area contributed by atoms with Gasteiger partial charge in [0.2, 0.25) is 0 Å². The van der Waals surface area contributed by atoms with E-state index in [1.54, 1.807) is 42.5 Å². The van der Waals surface area contributed by atoms with Crippen molar-refractivity contribution in [2.75, 3.05) is 7.11 Å². The number of aromatic hydroxyl groups is 1. The summed E-state index contributed by atoms with van der Waals surface area (Å²) in [5, 5.41) is 14.0. The minimum atomic E-state index is -0.293. The van der Waals surface area contributed by atoms with Crippen LogP contribution in [0.5, 0.6) is 11.5 Å². The number of nitrogens with one attached hydrogen (secondary N) is 1. The predicted octanol–water partition coefficient (Wildman–Crippen LogP) is 2.89. The van der Waals surface area contributed by atoms with Gasteiger partial charge in [-0.15, -0.1) is 6.58 Å². The molecule has 23 heavy (non-hydrogen) atoms. The number of phenols is 1. The Morgan fingerprint density at radius 2 is 2.09 bits per heavy atom. The summed E-state index contributed by atoms with van der Waals surface area (Å²) >= 11 is 0. The molecule has 0 aromatic heterocycles. The number of hydrogen-bond acceptors (Lipinski definition) is 4. The number of carbonyl (C=O) groups is 1. The van der Waals surface area contributed by atoms with Gasteiger partial charge in [0.25, 0.3) is 5.91 Å². The third-order valence-electron chi connectivity index (χ3n) is 3.18. The van der Waals surface area contributed by atoms with Crippen molar-refractivity contribution in [2.24, 2.45) is 5.10 Å². The molecular weight excluding hydrogens is 292 g/mol. The molecule has 0 unspecified atom stereocenters. The molecule has 0 saturated heterocycles. The standard InChI is InChI=1S/C18H18N2O3/c1-3-7-15-10-13(11-16(23-2)17(15)21)12-19-20-18(22)14-8-5-4-6-9-14/h3-6,8-12,21H,1,7H2,2H3,(H,20,22)/b19-12+. The first-order chi connectivity index (χ1) is 11.2. The van der Waals surface area contributed by atoms with E-state index in [4.69, 9.17) is 4.74 Å². The van der Waals surface area contributed by atoms with Crippen molar-refractivity contribution in [2.45, 2.75) is 6.42 Å². The largest absolute Gasteiger partial charge is 0.504 e. The maximum absolute atomic E-state index is 11.9. The van der Waals surface area contributed by atoms with Gasteiger partial charge in [0.1, 0.15) is 0 Å². The highest BCUT2D eigenvalue weighted by Gasteiger charge is 2.09. The molecule has 0 aliphatic carbocycles. The van der Waals surface area contributed by atoms with Crippen molar-refractivity contribution >= 4 is 12.1 Å². The molecule has 0 saturated carbocycles. The van der Waals surface area contributed by atoms with E-state index in [9.17, 15) is 9.90 Å². The molecule has 0 fully saturated rings. The lowest BCUT2D eigenvalue weighted by atomic mass is 10.1. The van der Waals surface area contributed by atoms with Crippen LogP contribution < -0.4 is 10.2 Å². The van der Waals surface area contributed by atoms with Gasteiger partial charge >= 0.3 is 0 Å². The van der Waals surface area contributed by atoms with Crippen LogP contribution in [0.4, 0.5) is 0 Å². The molecule has 0 heterocycles. The number of phenolic OH excluding ortho intramolecular Hbond substituents is 1. The summed E-state index contributed by atoms with van der Waals surface area (Å²) < 4.78 is 5.14. The van der Waals surface area contributed by atoms with Crippen LogP contribution in [0.15, 0.2) is 60.2 Å². The van der Waals surface area contributed by atoms with Crippen molar-refractivity contribution in [3.63, 3.8) is 0 Å². The number of ether oxygens (including phenoxy) is 1. The first kappa shape index (κ1) is 16.3. The number of nitrogens with zero attached hydrogens (tertiary/aromatic N) is 1. The summed E-state index contributed by atoms with van der Waals surface area (Å²) in [5.74, 6) is 0.136. The summed E-state index contributed by atoms with van der Waals surface area (Å²) in [5.41, 5.74) is 4.36. The lowest BCUT2D eigenvalue weighted by molar-refractivity contribution is 0.0955. The highest BCUT2D eigenvalue weighted by Crippen LogP contribution is 2.31. The minimum absolute atomic E-state index is 0.0814. The Hall–Kier alpha value is -3.08. The Bertz CT molecular complexity index is 725. The van der Waals surface area contributed by atoms with Gasteiger partial charge in [-0.2, -0.15) is 5.10 Å². The molecule has 5 nitrogen and oxygen atoms in total. The van der Waals surface area contributed by atoms with E-state index in [0.717, 1.165) is 0 Å². The van der Waals surface area contributed by atoms with E-state index in [2.05, 4.69) is 17.1 Å². The molecule has 5 heteroatoms. The molecule has 0 spiro atoms. The second-order valence-corrected chi connectivity index (χ2v) is 4.79. The molecule has 0 aliphatic rings. The van der Waals surface area contributed by atoms with Crippen molar-refractivity contribution in [3.05, 3.63) is 71.8 Å². The number of benzene rings is 2. The fraction of sp³-hybridized carbons (Fsp3) is 0.111. The van der Waals surface area contributed by atoms with Gasteiger partial charge in [-0.05, 0) is 36.2 Å². The Morgan fingerprint density at radius 1 is 1.35 bits per heavy atom. The van der Waals surface area contributed by atoms with Crippen molar-refractivity contribution in [3.8, 4) is 11.5 Å². The normalized spacial score (nSPS) is 10.5. The monoisotopic (exact) mass is 310 g/mol. The van der Waals surface area contributed by atoms with Gasteiger partial charge < -0.3 is 9.84 Å². The molecule has 0 radical (unpaired) electrons. The van der Waals surface area contributed by atoms with Crippen LogP contribution in [0.25, 0.3) is 0 Å².